The quantitative estimate of drug-likeness (QED) is 0.348. The largest absolute Gasteiger partial charge is 0.507 e. The third-order valence-electron chi connectivity index (χ3n) is 6.12. The van der Waals surface area contributed by atoms with Crippen molar-refractivity contribution in [1.82, 2.24) is 9.66 Å². The third-order valence-corrected chi connectivity index (χ3v) is 6.12. The molecular weight excluding hydrogens is 452 g/mol. The predicted octanol–water partition coefficient (Wildman–Crippen LogP) is 5.55. The van der Waals surface area contributed by atoms with Gasteiger partial charge in [0.1, 0.15) is 11.5 Å². The number of hydrogen-bond acceptors (Lipinski definition) is 6. The summed E-state index contributed by atoms with van der Waals surface area (Å²) in [6.07, 6.45) is 1.49. The number of aromatic hydroxyl groups is 1. The monoisotopic (exact) mass is 484 g/mol. The Balaban J connectivity index is 1.94. The van der Waals surface area contributed by atoms with E-state index < -0.39 is 0 Å². The molecule has 0 unspecified atom stereocenters. The molecule has 1 heterocycles. The number of aromatic nitrogens is 2. The van der Waals surface area contributed by atoms with Crippen molar-refractivity contribution in [2.24, 2.45) is 5.10 Å². The first-order valence-electron chi connectivity index (χ1n) is 12.1. The van der Waals surface area contributed by atoms with Crippen LogP contribution in [0.3, 0.4) is 0 Å². The molecule has 0 spiro atoms. The molecule has 0 aliphatic heterocycles. The fourth-order valence-electron chi connectivity index (χ4n) is 4.12. The highest BCUT2D eigenvalue weighted by Gasteiger charge is 2.18. The van der Waals surface area contributed by atoms with E-state index in [1.807, 2.05) is 69.2 Å². The Hall–Kier alpha value is -4.13. The van der Waals surface area contributed by atoms with Crippen LogP contribution in [-0.4, -0.2) is 41.7 Å². The lowest BCUT2D eigenvalue weighted by Gasteiger charge is -2.18. The van der Waals surface area contributed by atoms with Gasteiger partial charge >= 0.3 is 0 Å². The van der Waals surface area contributed by atoms with Crippen LogP contribution in [0.2, 0.25) is 0 Å². The molecule has 0 bridgehead atoms. The van der Waals surface area contributed by atoms with Crippen LogP contribution < -0.4 is 15.2 Å². The lowest BCUT2D eigenvalue weighted by molar-refractivity contribution is 0.335. The Morgan fingerprint density at radius 2 is 1.89 bits per heavy atom. The first-order chi connectivity index (χ1) is 17.2. The highest BCUT2D eigenvalue weighted by Crippen LogP contribution is 2.34. The van der Waals surface area contributed by atoms with Crippen molar-refractivity contribution < 1.29 is 9.84 Å². The molecule has 0 aliphatic rings. The number of fused-ring (bicyclic) bond motifs is 1. The van der Waals surface area contributed by atoms with Gasteiger partial charge in [-0.2, -0.15) is 9.78 Å². The van der Waals surface area contributed by atoms with E-state index in [0.717, 1.165) is 28.1 Å². The maximum Gasteiger partial charge on any atom is 0.282 e. The van der Waals surface area contributed by atoms with Crippen LogP contribution in [-0.2, 0) is 0 Å². The Morgan fingerprint density at radius 3 is 2.56 bits per heavy atom. The molecular formula is C29H32N4O3. The topological polar surface area (TPSA) is 80.0 Å². The van der Waals surface area contributed by atoms with Crippen molar-refractivity contribution in [3.05, 3.63) is 81.6 Å². The van der Waals surface area contributed by atoms with Gasteiger partial charge in [-0.15, -0.1) is 0 Å². The average Bonchev–Trinajstić information content (AvgIpc) is 2.84. The van der Waals surface area contributed by atoms with Gasteiger partial charge < -0.3 is 14.7 Å². The Kier molecular flexibility index (Phi) is 7.10. The van der Waals surface area contributed by atoms with Crippen LogP contribution in [0.15, 0.2) is 64.5 Å². The van der Waals surface area contributed by atoms with E-state index >= 15 is 0 Å². The van der Waals surface area contributed by atoms with E-state index in [-0.39, 0.29) is 17.2 Å². The van der Waals surface area contributed by atoms with Crippen LogP contribution in [0, 0.1) is 6.92 Å². The molecule has 0 atom stereocenters. The molecule has 0 aliphatic carbocycles. The zero-order valence-electron chi connectivity index (χ0n) is 21.6. The molecule has 3 aromatic carbocycles. The number of nitrogens with zero attached hydrogens (tertiary/aromatic N) is 4. The first-order valence-corrected chi connectivity index (χ1v) is 12.1. The van der Waals surface area contributed by atoms with Gasteiger partial charge in [0.15, 0.2) is 5.82 Å². The first kappa shape index (κ1) is 25.0. The summed E-state index contributed by atoms with van der Waals surface area (Å²) in [6, 6.07) is 16.6. The van der Waals surface area contributed by atoms with Crippen molar-refractivity contribution >= 4 is 22.8 Å². The minimum Gasteiger partial charge on any atom is -0.507 e. The summed E-state index contributed by atoms with van der Waals surface area (Å²) in [5.41, 5.74) is 4.44. The van der Waals surface area contributed by atoms with Gasteiger partial charge in [-0.25, -0.2) is 4.98 Å². The summed E-state index contributed by atoms with van der Waals surface area (Å²) in [5, 5.41) is 15.5. The van der Waals surface area contributed by atoms with E-state index in [4.69, 9.17) is 9.72 Å². The lowest BCUT2D eigenvalue weighted by atomic mass is 9.96. The van der Waals surface area contributed by atoms with Crippen LogP contribution in [0.1, 0.15) is 43.4 Å². The highest BCUT2D eigenvalue weighted by atomic mass is 16.5. The second kappa shape index (κ2) is 10.2. The van der Waals surface area contributed by atoms with Gasteiger partial charge in [-0.1, -0.05) is 26.0 Å². The standard InChI is InChI=1S/C29H32N4O3/c1-7-36-27-14-19(4)24(16-23(27)18(2)3)28-31-25-11-9-8-10-22(25)29(35)33(28)30-17-20-12-13-21(32(5)6)15-26(20)34/h8-18,34H,7H2,1-6H3. The summed E-state index contributed by atoms with van der Waals surface area (Å²) in [7, 11) is 3.80. The van der Waals surface area contributed by atoms with Crippen LogP contribution in [0.25, 0.3) is 22.3 Å². The van der Waals surface area contributed by atoms with Gasteiger partial charge in [0, 0.05) is 37.0 Å². The second-order valence-electron chi connectivity index (χ2n) is 9.24. The van der Waals surface area contributed by atoms with Gasteiger partial charge in [-0.05, 0) is 67.3 Å². The van der Waals surface area contributed by atoms with Gasteiger partial charge in [0.25, 0.3) is 5.56 Å². The molecule has 7 nitrogen and oxygen atoms in total. The number of aryl methyl sites for hydroxylation is 1. The van der Waals surface area contributed by atoms with E-state index in [2.05, 4.69) is 18.9 Å². The fraction of sp³-hybridized carbons (Fsp3) is 0.276. The number of hydrogen-bond donors (Lipinski definition) is 1. The van der Waals surface area contributed by atoms with E-state index in [0.29, 0.717) is 28.9 Å². The fourth-order valence-corrected chi connectivity index (χ4v) is 4.12. The number of phenolic OH excluding ortho intramolecular Hbond substituents is 1. The average molecular weight is 485 g/mol. The lowest BCUT2D eigenvalue weighted by Crippen LogP contribution is -2.21. The third kappa shape index (κ3) is 4.82. The van der Waals surface area contributed by atoms with Crippen molar-refractivity contribution in [3.63, 3.8) is 0 Å². The van der Waals surface area contributed by atoms with Crippen LogP contribution in [0.4, 0.5) is 5.69 Å². The van der Waals surface area contributed by atoms with Crippen molar-refractivity contribution in [2.75, 3.05) is 25.6 Å². The molecule has 0 saturated heterocycles. The Bertz CT molecular complexity index is 1500. The molecule has 0 amide bonds. The normalized spacial score (nSPS) is 11.5. The minimum atomic E-state index is -0.282. The van der Waals surface area contributed by atoms with Gasteiger partial charge in [0.2, 0.25) is 0 Å². The van der Waals surface area contributed by atoms with E-state index in [1.165, 1.54) is 10.9 Å². The number of ether oxygens (including phenoxy) is 1. The molecule has 7 heteroatoms. The van der Waals surface area contributed by atoms with E-state index in [1.54, 1.807) is 18.2 Å². The molecule has 36 heavy (non-hydrogen) atoms. The predicted molar refractivity (Wildman–Crippen MR) is 147 cm³/mol. The number of benzene rings is 3. The smallest absolute Gasteiger partial charge is 0.282 e. The molecule has 0 fully saturated rings. The molecule has 0 saturated carbocycles. The van der Waals surface area contributed by atoms with Crippen molar-refractivity contribution in [2.45, 2.75) is 33.6 Å². The SMILES string of the molecule is CCOc1cc(C)c(-c2nc3ccccc3c(=O)n2N=Cc2ccc(N(C)C)cc2O)cc1C(C)C. The molecule has 0 radical (unpaired) electrons. The summed E-state index contributed by atoms with van der Waals surface area (Å²) in [6.45, 7) is 8.72. The van der Waals surface area contributed by atoms with E-state index in [9.17, 15) is 9.90 Å². The number of para-hydroxylation sites is 1. The Morgan fingerprint density at radius 1 is 1.14 bits per heavy atom. The molecule has 4 aromatic rings. The maximum atomic E-state index is 13.6. The number of rotatable bonds is 7. The van der Waals surface area contributed by atoms with Crippen LogP contribution in [0.5, 0.6) is 11.5 Å². The second-order valence-corrected chi connectivity index (χ2v) is 9.24. The minimum absolute atomic E-state index is 0.0765. The molecule has 1 N–H and O–H groups in total. The highest BCUT2D eigenvalue weighted by molar-refractivity contribution is 5.85. The maximum absolute atomic E-state index is 13.6. The molecule has 1 aromatic heterocycles. The van der Waals surface area contributed by atoms with Crippen molar-refractivity contribution in [1.29, 1.82) is 0 Å². The number of phenols is 1. The van der Waals surface area contributed by atoms with Gasteiger partial charge in [-0.3, -0.25) is 4.79 Å². The zero-order valence-corrected chi connectivity index (χ0v) is 21.6. The van der Waals surface area contributed by atoms with Crippen LogP contribution >= 0.6 is 0 Å². The Labute approximate surface area is 211 Å². The van der Waals surface area contributed by atoms with Gasteiger partial charge in [0.05, 0.1) is 23.7 Å². The van der Waals surface area contributed by atoms with Crippen molar-refractivity contribution in [3.8, 4) is 22.9 Å². The molecule has 4 rings (SSSR count). The summed E-state index contributed by atoms with van der Waals surface area (Å²) >= 11 is 0. The summed E-state index contributed by atoms with van der Waals surface area (Å²) < 4.78 is 7.20. The molecule has 186 valence electrons. The zero-order chi connectivity index (χ0) is 26.0. The summed E-state index contributed by atoms with van der Waals surface area (Å²) in [4.78, 5) is 20.3. The number of anilines is 1. The summed E-state index contributed by atoms with van der Waals surface area (Å²) in [5.74, 6) is 1.55.